The van der Waals surface area contributed by atoms with E-state index in [4.69, 9.17) is 4.74 Å². The van der Waals surface area contributed by atoms with Crippen molar-refractivity contribution in [2.45, 2.75) is 33.3 Å². The minimum Gasteiger partial charge on any atom is -0.379 e. The Hall–Kier alpha value is -0.590. The van der Waals surface area contributed by atoms with Gasteiger partial charge < -0.3 is 15.4 Å². The van der Waals surface area contributed by atoms with E-state index in [1.165, 1.54) is 8.66 Å². The van der Waals surface area contributed by atoms with E-state index >= 15 is 0 Å². The molecule has 0 bridgehead atoms. The molecule has 0 aromatic carbocycles. The Morgan fingerprint density at radius 3 is 2.57 bits per heavy atom. The number of nitrogens with one attached hydrogen (secondary N) is 2. The second-order valence-corrected chi connectivity index (χ2v) is 8.47. The molecule has 0 aliphatic rings. The third kappa shape index (κ3) is 6.80. The molecule has 0 aliphatic carbocycles. The number of hydrogen-bond donors (Lipinski definition) is 2. The van der Waals surface area contributed by atoms with Crippen LogP contribution in [0.2, 0.25) is 0 Å². The van der Waals surface area contributed by atoms with Crippen LogP contribution in [0.3, 0.4) is 0 Å². The van der Waals surface area contributed by atoms with Gasteiger partial charge in [0.25, 0.3) is 0 Å². The van der Waals surface area contributed by atoms with Gasteiger partial charge in [-0.05, 0) is 39.9 Å². The topological polar surface area (TPSA) is 45.7 Å². The summed E-state index contributed by atoms with van der Waals surface area (Å²) in [5.41, 5.74) is 0.101. The van der Waals surface area contributed by atoms with Crippen molar-refractivity contribution < 1.29 is 4.74 Å². The van der Waals surface area contributed by atoms with Gasteiger partial charge >= 0.3 is 0 Å². The maximum Gasteiger partial charge on any atom is 0.191 e. The first-order chi connectivity index (χ1) is 9.86. The number of halogens is 1. The molecule has 1 unspecified atom stereocenters. The first-order valence-electron chi connectivity index (χ1n) is 7.08. The van der Waals surface area contributed by atoms with Gasteiger partial charge in [-0.15, -0.1) is 11.3 Å². The molecule has 1 aromatic rings. The van der Waals surface area contributed by atoms with Gasteiger partial charge in [-0.2, -0.15) is 0 Å². The number of rotatable bonds is 6. The zero-order valence-electron chi connectivity index (χ0n) is 13.5. The largest absolute Gasteiger partial charge is 0.379 e. The van der Waals surface area contributed by atoms with Crippen molar-refractivity contribution >= 4 is 33.2 Å². The Labute approximate surface area is 140 Å². The Bertz CT molecular complexity index is 454. The SMILES string of the molecule is CN=C(NCCc1ccc(Br)s1)NCC(OC)C(C)(C)C. The van der Waals surface area contributed by atoms with Gasteiger partial charge in [-0.3, -0.25) is 4.99 Å². The van der Waals surface area contributed by atoms with Crippen molar-refractivity contribution in [1.82, 2.24) is 10.6 Å². The predicted octanol–water partition coefficient (Wildman–Crippen LogP) is 3.28. The van der Waals surface area contributed by atoms with Gasteiger partial charge in [-0.1, -0.05) is 20.8 Å². The molecule has 0 aliphatic heterocycles. The second-order valence-electron chi connectivity index (χ2n) is 5.93. The maximum absolute atomic E-state index is 5.54. The van der Waals surface area contributed by atoms with E-state index in [1.807, 2.05) is 0 Å². The molecule has 0 spiro atoms. The molecule has 0 amide bonds. The van der Waals surface area contributed by atoms with Gasteiger partial charge in [0.2, 0.25) is 0 Å². The fraction of sp³-hybridized carbons (Fsp3) is 0.667. The normalized spacial score (nSPS) is 14.1. The van der Waals surface area contributed by atoms with Crippen LogP contribution in [0, 0.1) is 5.41 Å². The zero-order valence-corrected chi connectivity index (χ0v) is 15.9. The van der Waals surface area contributed by atoms with Crippen LogP contribution in [-0.4, -0.2) is 39.3 Å². The van der Waals surface area contributed by atoms with Crippen molar-refractivity contribution in [3.05, 3.63) is 20.8 Å². The van der Waals surface area contributed by atoms with E-state index in [1.54, 1.807) is 25.5 Å². The summed E-state index contributed by atoms with van der Waals surface area (Å²) in [6, 6.07) is 4.23. The zero-order chi connectivity index (χ0) is 15.9. The van der Waals surface area contributed by atoms with E-state index in [-0.39, 0.29) is 11.5 Å². The van der Waals surface area contributed by atoms with Crippen molar-refractivity contribution in [2.24, 2.45) is 10.4 Å². The van der Waals surface area contributed by atoms with Crippen molar-refractivity contribution in [3.63, 3.8) is 0 Å². The minimum atomic E-state index is 0.101. The Balaban J connectivity index is 2.35. The minimum absolute atomic E-state index is 0.101. The van der Waals surface area contributed by atoms with Gasteiger partial charge in [0.05, 0.1) is 9.89 Å². The Morgan fingerprint density at radius 2 is 2.10 bits per heavy atom. The van der Waals surface area contributed by atoms with Crippen LogP contribution >= 0.6 is 27.3 Å². The molecule has 0 radical (unpaired) electrons. The summed E-state index contributed by atoms with van der Waals surface area (Å²) >= 11 is 5.25. The average molecular weight is 376 g/mol. The number of guanidine groups is 1. The van der Waals surface area contributed by atoms with Crippen LogP contribution in [0.25, 0.3) is 0 Å². The molecule has 120 valence electrons. The molecule has 1 atom stereocenters. The third-order valence-corrected chi connectivity index (χ3v) is 4.91. The molecule has 0 saturated carbocycles. The molecule has 4 nitrogen and oxygen atoms in total. The second kappa shape index (κ2) is 8.76. The van der Waals surface area contributed by atoms with E-state index in [2.05, 4.69) is 64.5 Å². The lowest BCUT2D eigenvalue weighted by atomic mass is 9.89. The lowest BCUT2D eigenvalue weighted by molar-refractivity contribution is 0.0205. The lowest BCUT2D eigenvalue weighted by Crippen LogP contribution is -2.45. The summed E-state index contributed by atoms with van der Waals surface area (Å²) in [6.07, 6.45) is 1.13. The maximum atomic E-state index is 5.54. The fourth-order valence-corrected chi connectivity index (χ4v) is 3.43. The molecule has 1 aromatic heterocycles. The van der Waals surface area contributed by atoms with E-state index in [0.717, 1.165) is 25.5 Å². The number of methoxy groups -OCH3 is 1. The van der Waals surface area contributed by atoms with Crippen LogP contribution in [0.15, 0.2) is 20.9 Å². The van der Waals surface area contributed by atoms with E-state index in [9.17, 15) is 0 Å². The monoisotopic (exact) mass is 375 g/mol. The van der Waals surface area contributed by atoms with Gasteiger partial charge in [0.15, 0.2) is 5.96 Å². The summed E-state index contributed by atoms with van der Waals surface area (Å²) in [7, 11) is 3.54. The molecular weight excluding hydrogens is 350 g/mol. The molecule has 21 heavy (non-hydrogen) atoms. The molecule has 2 N–H and O–H groups in total. The number of nitrogens with zero attached hydrogens (tertiary/aromatic N) is 1. The quantitative estimate of drug-likeness (QED) is 0.592. The van der Waals surface area contributed by atoms with Gasteiger partial charge in [-0.25, -0.2) is 0 Å². The molecule has 0 saturated heterocycles. The smallest absolute Gasteiger partial charge is 0.191 e. The number of ether oxygens (including phenoxy) is 1. The number of hydrogen-bond acceptors (Lipinski definition) is 3. The first-order valence-corrected chi connectivity index (χ1v) is 8.69. The average Bonchev–Trinajstić information content (AvgIpc) is 2.81. The molecule has 6 heteroatoms. The van der Waals surface area contributed by atoms with Crippen LogP contribution in [0.1, 0.15) is 25.6 Å². The van der Waals surface area contributed by atoms with Crippen LogP contribution in [-0.2, 0) is 11.2 Å². The number of thiophene rings is 1. The van der Waals surface area contributed by atoms with E-state index < -0.39 is 0 Å². The highest BCUT2D eigenvalue weighted by Gasteiger charge is 2.24. The predicted molar refractivity (Wildman–Crippen MR) is 95.3 cm³/mol. The standard InChI is InChI=1S/C15H26BrN3OS/c1-15(2,3)12(20-5)10-19-14(17-4)18-9-8-11-6-7-13(16)21-11/h6-7,12H,8-10H2,1-5H3,(H2,17,18,19). The molecule has 1 rings (SSSR count). The van der Waals surface area contributed by atoms with Crippen LogP contribution in [0.4, 0.5) is 0 Å². The van der Waals surface area contributed by atoms with Crippen molar-refractivity contribution in [1.29, 1.82) is 0 Å². The van der Waals surface area contributed by atoms with E-state index in [0.29, 0.717) is 0 Å². The van der Waals surface area contributed by atoms with Crippen LogP contribution < -0.4 is 10.6 Å². The summed E-state index contributed by atoms with van der Waals surface area (Å²) in [5.74, 6) is 0.817. The van der Waals surface area contributed by atoms with Gasteiger partial charge in [0.1, 0.15) is 0 Å². The Morgan fingerprint density at radius 1 is 1.38 bits per heavy atom. The molecular formula is C15H26BrN3OS. The highest BCUT2D eigenvalue weighted by atomic mass is 79.9. The summed E-state index contributed by atoms with van der Waals surface area (Å²) < 4.78 is 6.71. The van der Waals surface area contributed by atoms with Crippen molar-refractivity contribution in [3.8, 4) is 0 Å². The summed E-state index contributed by atoms with van der Waals surface area (Å²) in [6.45, 7) is 8.12. The highest BCUT2D eigenvalue weighted by Crippen LogP contribution is 2.22. The molecule has 1 heterocycles. The lowest BCUT2D eigenvalue weighted by Gasteiger charge is -2.30. The number of aliphatic imine (C=N–C) groups is 1. The van der Waals surface area contributed by atoms with Crippen molar-refractivity contribution in [2.75, 3.05) is 27.2 Å². The highest BCUT2D eigenvalue weighted by molar-refractivity contribution is 9.11. The third-order valence-electron chi connectivity index (χ3n) is 3.22. The van der Waals surface area contributed by atoms with Crippen LogP contribution in [0.5, 0.6) is 0 Å². The van der Waals surface area contributed by atoms with Gasteiger partial charge in [0, 0.05) is 32.1 Å². The Kier molecular flexibility index (Phi) is 7.70. The summed E-state index contributed by atoms with van der Waals surface area (Å²) in [5, 5.41) is 6.66. The first kappa shape index (κ1) is 18.5. The fourth-order valence-electron chi connectivity index (χ4n) is 1.94. The molecule has 0 fully saturated rings. The summed E-state index contributed by atoms with van der Waals surface area (Å²) in [4.78, 5) is 5.60.